The fourth-order valence-corrected chi connectivity index (χ4v) is 10.5. The van der Waals surface area contributed by atoms with Crippen LogP contribution < -0.4 is 9.57 Å². The van der Waals surface area contributed by atoms with Gasteiger partial charge in [-0.25, -0.2) is 0 Å². The van der Waals surface area contributed by atoms with E-state index in [0.717, 1.165) is 9.36 Å². The van der Waals surface area contributed by atoms with Gasteiger partial charge in [0.1, 0.15) is 0 Å². The van der Waals surface area contributed by atoms with Crippen molar-refractivity contribution in [1.29, 1.82) is 0 Å². The molecule has 0 radical (unpaired) electrons. The minimum atomic E-state index is -2.16. The summed E-state index contributed by atoms with van der Waals surface area (Å²) in [6, 6.07) is 19.2. The molecule has 128 valence electrons. The first-order valence-corrected chi connectivity index (χ1v) is 14.3. The molecule has 0 spiro atoms. The summed E-state index contributed by atoms with van der Waals surface area (Å²) < 4.78 is 14.6. The number of hydrogen-bond donors (Lipinski definition) is 0. The van der Waals surface area contributed by atoms with Crippen molar-refractivity contribution < 1.29 is 9.32 Å². The molecule has 0 bridgehead atoms. The van der Waals surface area contributed by atoms with Crippen LogP contribution in [0.25, 0.3) is 0 Å². The molecule has 0 fully saturated rings. The van der Waals surface area contributed by atoms with Gasteiger partial charge in [0.25, 0.3) is 0 Å². The summed E-state index contributed by atoms with van der Waals surface area (Å²) in [5.74, 6) is 0.111. The quantitative estimate of drug-likeness (QED) is 0.643. The van der Waals surface area contributed by atoms with Gasteiger partial charge in [-0.15, -0.1) is 0 Å². The first kappa shape index (κ1) is 19.4. The molecule has 0 aliphatic rings. The van der Waals surface area contributed by atoms with Crippen LogP contribution in [0.2, 0.25) is 19.6 Å². The molecule has 2 unspecified atom stereocenters. The second kappa shape index (κ2) is 7.94. The average Bonchev–Trinajstić information content (AvgIpc) is 2.55. The maximum absolute atomic E-state index is 13.8. The van der Waals surface area contributed by atoms with E-state index in [1.54, 1.807) is 0 Å². The SMILES string of the molecule is C=C([Se]c1ccccc1)C([O-])(CS(=O)c1ccccc1)[Si](C)(C)C. The first-order chi connectivity index (χ1) is 11.2. The molecule has 0 aliphatic carbocycles. The first-order valence-electron chi connectivity index (χ1n) is 7.80. The zero-order valence-corrected chi connectivity index (χ0v) is 17.9. The molecule has 0 aromatic heterocycles. The molecule has 0 saturated carbocycles. The topological polar surface area (TPSA) is 40.1 Å². The van der Waals surface area contributed by atoms with Gasteiger partial charge in [-0.05, 0) is 0 Å². The van der Waals surface area contributed by atoms with E-state index in [1.165, 1.54) is 0 Å². The second-order valence-electron chi connectivity index (χ2n) is 6.72. The van der Waals surface area contributed by atoms with Crippen molar-refractivity contribution in [2.24, 2.45) is 0 Å². The van der Waals surface area contributed by atoms with E-state index >= 15 is 0 Å². The van der Waals surface area contributed by atoms with E-state index in [2.05, 4.69) is 26.2 Å². The molecule has 2 aromatic carbocycles. The van der Waals surface area contributed by atoms with Gasteiger partial charge in [-0.2, -0.15) is 0 Å². The van der Waals surface area contributed by atoms with E-state index < -0.39 is 24.1 Å². The zero-order valence-electron chi connectivity index (χ0n) is 14.3. The van der Waals surface area contributed by atoms with Crippen LogP contribution in [0.4, 0.5) is 0 Å². The molecule has 5 heteroatoms. The number of benzene rings is 2. The fraction of sp³-hybridized carbons (Fsp3) is 0.263. The van der Waals surface area contributed by atoms with Crippen LogP contribution in [0.1, 0.15) is 0 Å². The van der Waals surface area contributed by atoms with Crippen molar-refractivity contribution >= 4 is 38.3 Å². The molecule has 2 rings (SSSR count). The van der Waals surface area contributed by atoms with E-state index in [9.17, 15) is 9.32 Å². The third-order valence-electron chi connectivity index (χ3n) is 3.99. The summed E-state index contributed by atoms with van der Waals surface area (Å²) >= 11 is -0.107. The van der Waals surface area contributed by atoms with Crippen LogP contribution >= 0.6 is 0 Å². The maximum atomic E-state index is 13.8. The molecule has 2 aromatic rings. The van der Waals surface area contributed by atoms with Crippen molar-refractivity contribution in [3.05, 3.63) is 71.7 Å². The molecule has 0 heterocycles. The Bertz CT molecular complexity index is 713. The second-order valence-corrected chi connectivity index (χ2v) is 15.9. The van der Waals surface area contributed by atoms with Gasteiger partial charge in [-0.1, -0.05) is 0 Å². The van der Waals surface area contributed by atoms with E-state index in [0.29, 0.717) is 4.47 Å². The van der Waals surface area contributed by atoms with Gasteiger partial charge in [0.2, 0.25) is 0 Å². The monoisotopic (exact) mass is 423 g/mol. The minimum absolute atomic E-state index is 0.107. The molecule has 24 heavy (non-hydrogen) atoms. The Balaban J connectivity index is 2.26. The predicted molar refractivity (Wildman–Crippen MR) is 105 cm³/mol. The molecule has 0 aliphatic heterocycles. The van der Waals surface area contributed by atoms with Crippen LogP contribution in [-0.4, -0.2) is 38.2 Å². The zero-order chi connectivity index (χ0) is 17.8. The van der Waals surface area contributed by atoms with Gasteiger partial charge in [-0.3, -0.25) is 0 Å². The van der Waals surface area contributed by atoms with Crippen molar-refractivity contribution in [2.75, 3.05) is 5.75 Å². The molecule has 0 saturated heterocycles. The van der Waals surface area contributed by atoms with Crippen LogP contribution in [0, 0.1) is 0 Å². The predicted octanol–water partition coefficient (Wildman–Crippen LogP) is 2.31. The molecular formula is C19H23O2SSeSi-. The summed E-state index contributed by atoms with van der Waals surface area (Å²) in [6.45, 7) is 10.3. The van der Waals surface area contributed by atoms with Crippen molar-refractivity contribution in [1.82, 2.24) is 0 Å². The van der Waals surface area contributed by atoms with Gasteiger partial charge in [0, 0.05) is 0 Å². The molecular weight excluding hydrogens is 399 g/mol. The standard InChI is InChI=1S/C19H23O2SSeSi/c1-16(23-18-13-9-6-10-14-18)19(20,24(2,3)4)15-22(21)17-11-7-5-8-12-17/h5-14H,1,15H2,2-4H3/q-1. The van der Waals surface area contributed by atoms with Gasteiger partial charge in [0.15, 0.2) is 0 Å². The van der Waals surface area contributed by atoms with Gasteiger partial charge in [0.05, 0.1) is 0 Å². The number of hydrogen-bond acceptors (Lipinski definition) is 2. The summed E-state index contributed by atoms with van der Waals surface area (Å²) in [5, 5.41) is 12.5. The average molecular weight is 423 g/mol. The van der Waals surface area contributed by atoms with Gasteiger partial charge >= 0.3 is 155 Å². The molecule has 2 atom stereocenters. The summed E-state index contributed by atoms with van der Waals surface area (Å²) in [6.07, 6.45) is 0. The third-order valence-corrected chi connectivity index (χ3v) is 11.3. The van der Waals surface area contributed by atoms with Crippen LogP contribution in [0.3, 0.4) is 0 Å². The van der Waals surface area contributed by atoms with E-state index in [4.69, 9.17) is 0 Å². The Hall–Kier alpha value is -0.974. The third kappa shape index (κ3) is 4.56. The van der Waals surface area contributed by atoms with Crippen molar-refractivity contribution in [3.8, 4) is 0 Å². The van der Waals surface area contributed by atoms with Crippen LogP contribution in [-0.2, 0) is 10.8 Å². The normalized spacial score (nSPS) is 15.5. The van der Waals surface area contributed by atoms with Gasteiger partial charge < -0.3 is 0 Å². The molecule has 0 amide bonds. The Morgan fingerprint density at radius 3 is 2.08 bits per heavy atom. The van der Waals surface area contributed by atoms with Crippen molar-refractivity contribution in [2.45, 2.75) is 29.8 Å². The van der Waals surface area contributed by atoms with E-state index in [1.807, 2.05) is 60.7 Å². The van der Waals surface area contributed by atoms with Crippen LogP contribution in [0.15, 0.2) is 76.6 Å². The van der Waals surface area contributed by atoms with Crippen molar-refractivity contribution in [3.63, 3.8) is 0 Å². The Kier molecular flexibility index (Phi) is 6.40. The summed E-state index contributed by atoms with van der Waals surface area (Å²) in [5.41, 5.74) is 0. The summed E-state index contributed by atoms with van der Waals surface area (Å²) in [4.78, 5) is 0.719. The fourth-order valence-electron chi connectivity index (χ4n) is 2.27. The van der Waals surface area contributed by atoms with Crippen LogP contribution in [0.5, 0.6) is 0 Å². The molecule has 2 nitrogen and oxygen atoms in total. The molecule has 0 N–H and O–H groups in total. The van der Waals surface area contributed by atoms with E-state index in [-0.39, 0.29) is 20.7 Å². The Labute approximate surface area is 154 Å². The Morgan fingerprint density at radius 2 is 1.58 bits per heavy atom. The Morgan fingerprint density at radius 1 is 1.08 bits per heavy atom. The summed E-state index contributed by atoms with van der Waals surface area (Å²) in [7, 11) is -3.46. The number of rotatable bonds is 7.